The van der Waals surface area contributed by atoms with Crippen LogP contribution < -0.4 is 5.32 Å². The van der Waals surface area contributed by atoms with Crippen molar-refractivity contribution in [2.24, 2.45) is 5.41 Å². The SMILES string of the molecule is CC(C)(C)C(NC(=O)O)c1ccc(C=O)nc1. The summed E-state index contributed by atoms with van der Waals surface area (Å²) in [5.41, 5.74) is 0.796. The molecule has 17 heavy (non-hydrogen) atoms. The number of amides is 1. The van der Waals surface area contributed by atoms with Gasteiger partial charge in [0, 0.05) is 6.20 Å². The smallest absolute Gasteiger partial charge is 0.405 e. The Kier molecular flexibility index (Phi) is 3.83. The topological polar surface area (TPSA) is 79.3 Å². The minimum absolute atomic E-state index is 0.275. The maximum absolute atomic E-state index is 10.8. The Morgan fingerprint density at radius 2 is 2.12 bits per heavy atom. The lowest BCUT2D eigenvalue weighted by Gasteiger charge is -2.30. The Morgan fingerprint density at radius 1 is 1.47 bits per heavy atom. The number of aldehydes is 1. The summed E-state index contributed by atoms with van der Waals surface area (Å²) >= 11 is 0. The molecular weight excluding hydrogens is 220 g/mol. The van der Waals surface area contributed by atoms with Crippen molar-refractivity contribution in [1.82, 2.24) is 10.3 Å². The van der Waals surface area contributed by atoms with Crippen molar-refractivity contribution in [3.63, 3.8) is 0 Å². The Hall–Kier alpha value is -1.91. The summed E-state index contributed by atoms with van der Waals surface area (Å²) in [6.45, 7) is 5.80. The normalized spacial score (nSPS) is 12.9. The van der Waals surface area contributed by atoms with Crippen molar-refractivity contribution in [2.75, 3.05) is 0 Å². The molecular formula is C12H16N2O3. The van der Waals surface area contributed by atoms with Crippen molar-refractivity contribution >= 4 is 12.4 Å². The molecule has 92 valence electrons. The lowest BCUT2D eigenvalue weighted by molar-refractivity contribution is 0.111. The predicted molar refractivity (Wildman–Crippen MR) is 63.0 cm³/mol. The minimum Gasteiger partial charge on any atom is -0.465 e. The second-order valence-electron chi connectivity index (χ2n) is 4.88. The number of aromatic nitrogens is 1. The van der Waals surface area contributed by atoms with Crippen molar-refractivity contribution in [3.05, 3.63) is 29.6 Å². The molecule has 1 atom stereocenters. The fourth-order valence-electron chi connectivity index (χ4n) is 1.58. The minimum atomic E-state index is -1.08. The molecule has 1 amide bonds. The molecule has 0 aromatic carbocycles. The molecule has 0 aliphatic rings. The van der Waals surface area contributed by atoms with E-state index in [0.29, 0.717) is 12.0 Å². The number of hydrogen-bond acceptors (Lipinski definition) is 3. The molecule has 1 aromatic heterocycles. The van der Waals surface area contributed by atoms with Gasteiger partial charge in [-0.15, -0.1) is 0 Å². The highest BCUT2D eigenvalue weighted by atomic mass is 16.4. The van der Waals surface area contributed by atoms with Crippen LogP contribution in [0.25, 0.3) is 0 Å². The van der Waals surface area contributed by atoms with Crippen molar-refractivity contribution in [2.45, 2.75) is 26.8 Å². The van der Waals surface area contributed by atoms with E-state index in [4.69, 9.17) is 5.11 Å². The van der Waals surface area contributed by atoms with Gasteiger partial charge >= 0.3 is 6.09 Å². The third kappa shape index (κ3) is 3.55. The van der Waals surface area contributed by atoms with Gasteiger partial charge in [-0.25, -0.2) is 4.79 Å². The van der Waals surface area contributed by atoms with Crippen LogP contribution in [0.4, 0.5) is 4.79 Å². The molecule has 0 fully saturated rings. The molecule has 1 heterocycles. The Labute approximate surface area is 99.9 Å². The number of nitrogens with one attached hydrogen (secondary N) is 1. The summed E-state index contributed by atoms with van der Waals surface area (Å²) in [5.74, 6) is 0. The molecule has 0 radical (unpaired) electrons. The van der Waals surface area contributed by atoms with E-state index in [0.717, 1.165) is 5.56 Å². The molecule has 5 nitrogen and oxygen atoms in total. The second kappa shape index (κ2) is 4.95. The van der Waals surface area contributed by atoms with Crippen LogP contribution in [0.2, 0.25) is 0 Å². The van der Waals surface area contributed by atoms with Gasteiger partial charge in [-0.2, -0.15) is 0 Å². The fourth-order valence-corrected chi connectivity index (χ4v) is 1.58. The van der Waals surface area contributed by atoms with Gasteiger partial charge in [-0.1, -0.05) is 26.8 Å². The van der Waals surface area contributed by atoms with E-state index >= 15 is 0 Å². The van der Waals surface area contributed by atoms with Gasteiger partial charge in [0.05, 0.1) is 6.04 Å². The first-order valence-corrected chi connectivity index (χ1v) is 5.25. The van der Waals surface area contributed by atoms with Crippen LogP contribution in [0.1, 0.15) is 42.9 Å². The summed E-state index contributed by atoms with van der Waals surface area (Å²) in [6, 6.07) is 2.92. The van der Waals surface area contributed by atoms with Crippen molar-refractivity contribution in [3.8, 4) is 0 Å². The molecule has 0 saturated heterocycles. The molecule has 0 spiro atoms. The van der Waals surface area contributed by atoms with Gasteiger partial charge in [0.25, 0.3) is 0 Å². The predicted octanol–water partition coefficient (Wildman–Crippen LogP) is 2.25. The van der Waals surface area contributed by atoms with Crippen molar-refractivity contribution in [1.29, 1.82) is 0 Å². The third-order valence-corrected chi connectivity index (χ3v) is 2.40. The molecule has 2 N–H and O–H groups in total. The molecule has 0 aliphatic carbocycles. The highest BCUT2D eigenvalue weighted by molar-refractivity contribution is 5.71. The Morgan fingerprint density at radius 3 is 2.47 bits per heavy atom. The summed E-state index contributed by atoms with van der Waals surface area (Å²) < 4.78 is 0. The molecule has 5 heteroatoms. The second-order valence-corrected chi connectivity index (χ2v) is 4.88. The van der Waals surface area contributed by atoms with E-state index in [1.165, 1.54) is 6.20 Å². The number of nitrogens with zero attached hydrogens (tertiary/aromatic N) is 1. The lowest BCUT2D eigenvalue weighted by Crippen LogP contribution is -2.35. The number of rotatable bonds is 3. The third-order valence-electron chi connectivity index (χ3n) is 2.40. The van der Waals surface area contributed by atoms with Gasteiger partial charge in [-0.3, -0.25) is 9.78 Å². The number of pyridine rings is 1. The summed E-state index contributed by atoms with van der Waals surface area (Å²) in [4.78, 5) is 25.2. The van der Waals surface area contributed by atoms with E-state index in [-0.39, 0.29) is 11.5 Å². The average Bonchev–Trinajstić information content (AvgIpc) is 2.24. The lowest BCUT2D eigenvalue weighted by atomic mass is 9.83. The first-order chi connectivity index (χ1) is 7.84. The van der Waals surface area contributed by atoms with Gasteiger partial charge in [0.1, 0.15) is 5.69 Å². The van der Waals surface area contributed by atoms with Gasteiger partial charge in [-0.05, 0) is 17.0 Å². The molecule has 0 saturated carbocycles. The summed E-state index contributed by atoms with van der Waals surface area (Å²) in [5, 5.41) is 11.3. The number of carbonyl (C=O) groups is 2. The maximum atomic E-state index is 10.8. The number of carboxylic acid groups (broad SMARTS) is 1. The fraction of sp³-hybridized carbons (Fsp3) is 0.417. The van der Waals surface area contributed by atoms with Crippen LogP contribution in [0, 0.1) is 5.41 Å². The molecule has 0 aliphatic heterocycles. The van der Waals surface area contributed by atoms with E-state index in [9.17, 15) is 9.59 Å². The standard InChI is InChI=1S/C12H16N2O3/c1-12(2,3)10(14-11(16)17)8-4-5-9(7-15)13-6-8/h4-7,10,14H,1-3H3,(H,16,17). The zero-order valence-corrected chi connectivity index (χ0v) is 10.1. The summed E-state index contributed by atoms with van der Waals surface area (Å²) in [7, 11) is 0. The van der Waals surface area contributed by atoms with Crippen LogP contribution in [-0.2, 0) is 0 Å². The highest BCUT2D eigenvalue weighted by Crippen LogP contribution is 2.32. The largest absolute Gasteiger partial charge is 0.465 e. The first-order valence-electron chi connectivity index (χ1n) is 5.25. The van der Waals surface area contributed by atoms with Gasteiger partial charge in [0.2, 0.25) is 0 Å². The van der Waals surface area contributed by atoms with E-state index in [2.05, 4.69) is 10.3 Å². The highest BCUT2D eigenvalue weighted by Gasteiger charge is 2.27. The molecule has 0 bridgehead atoms. The molecule has 1 rings (SSSR count). The van der Waals surface area contributed by atoms with Crippen molar-refractivity contribution < 1.29 is 14.7 Å². The average molecular weight is 236 g/mol. The van der Waals surface area contributed by atoms with Crippen LogP contribution in [0.15, 0.2) is 18.3 Å². The zero-order chi connectivity index (χ0) is 13.1. The van der Waals surface area contributed by atoms with Gasteiger partial charge < -0.3 is 10.4 Å². The number of carbonyl (C=O) groups excluding carboxylic acids is 1. The number of hydrogen-bond donors (Lipinski definition) is 2. The Bertz CT molecular complexity index is 407. The van der Waals surface area contributed by atoms with E-state index < -0.39 is 6.09 Å². The monoisotopic (exact) mass is 236 g/mol. The van der Waals surface area contributed by atoms with Gasteiger partial charge in [0.15, 0.2) is 6.29 Å². The molecule has 1 aromatic rings. The van der Waals surface area contributed by atoms with Crippen LogP contribution in [0.5, 0.6) is 0 Å². The first kappa shape index (κ1) is 13.2. The summed E-state index contributed by atoms with van der Waals surface area (Å²) in [6.07, 6.45) is 1.10. The van der Waals surface area contributed by atoms with E-state index in [1.807, 2.05) is 20.8 Å². The van der Waals surface area contributed by atoms with Crippen LogP contribution in [0.3, 0.4) is 0 Å². The maximum Gasteiger partial charge on any atom is 0.405 e. The Balaban J connectivity index is 3.04. The quantitative estimate of drug-likeness (QED) is 0.789. The van der Waals surface area contributed by atoms with Crippen LogP contribution in [-0.4, -0.2) is 22.5 Å². The van der Waals surface area contributed by atoms with Crippen LogP contribution >= 0.6 is 0 Å². The zero-order valence-electron chi connectivity index (χ0n) is 10.1. The van der Waals surface area contributed by atoms with E-state index in [1.54, 1.807) is 12.1 Å². The molecule has 1 unspecified atom stereocenters.